The smallest absolute Gasteiger partial charge is 0.263 e. The number of carbonyl (C=O) groups excluding carboxylic acids is 2. The van der Waals surface area contributed by atoms with Crippen LogP contribution in [0.1, 0.15) is 20.7 Å². The molecule has 7 nitrogen and oxygen atoms in total. The molecular weight excluding hydrogens is 344 g/mol. The van der Waals surface area contributed by atoms with Crippen molar-refractivity contribution in [3.63, 3.8) is 0 Å². The standard InChI is InChI=1S/C20H14N4O3/c25-19(23-11-9-21-13-23)15-1-5-17(6-2-15)27-18-7-3-16(4-8-18)20(26)24-12-10-22-14-24/h1-14H. The molecule has 0 saturated heterocycles. The van der Waals surface area contributed by atoms with E-state index in [1.165, 1.54) is 21.8 Å². The number of rotatable bonds is 4. The maximum absolute atomic E-state index is 12.2. The van der Waals surface area contributed by atoms with Gasteiger partial charge in [-0.3, -0.25) is 18.7 Å². The third-order valence-electron chi connectivity index (χ3n) is 3.92. The fourth-order valence-electron chi connectivity index (χ4n) is 2.52. The zero-order valence-corrected chi connectivity index (χ0v) is 14.1. The van der Waals surface area contributed by atoms with Gasteiger partial charge in [0, 0.05) is 35.9 Å². The van der Waals surface area contributed by atoms with Crippen LogP contribution >= 0.6 is 0 Å². The molecule has 2 heterocycles. The molecule has 0 aliphatic carbocycles. The van der Waals surface area contributed by atoms with Crippen molar-refractivity contribution in [2.24, 2.45) is 0 Å². The maximum Gasteiger partial charge on any atom is 0.263 e. The lowest BCUT2D eigenvalue weighted by molar-refractivity contribution is 0.0952. The summed E-state index contributed by atoms with van der Waals surface area (Å²) in [6.07, 6.45) is 9.21. The summed E-state index contributed by atoms with van der Waals surface area (Å²) < 4.78 is 8.59. The van der Waals surface area contributed by atoms with Gasteiger partial charge in [-0.1, -0.05) is 0 Å². The number of ether oxygens (including phenoxy) is 1. The molecule has 0 unspecified atom stereocenters. The molecule has 4 rings (SSSR count). The normalized spacial score (nSPS) is 10.5. The molecule has 132 valence electrons. The van der Waals surface area contributed by atoms with E-state index in [0.717, 1.165) is 0 Å². The van der Waals surface area contributed by atoms with Gasteiger partial charge in [-0.2, -0.15) is 0 Å². The second-order valence-electron chi connectivity index (χ2n) is 5.70. The van der Waals surface area contributed by atoms with Gasteiger partial charge in [0.05, 0.1) is 0 Å². The summed E-state index contributed by atoms with van der Waals surface area (Å²) in [5.74, 6) is 0.847. The number of aromatic nitrogens is 4. The second-order valence-corrected chi connectivity index (χ2v) is 5.70. The first-order chi connectivity index (χ1) is 13.2. The highest BCUT2D eigenvalue weighted by molar-refractivity contribution is 5.96. The van der Waals surface area contributed by atoms with Crippen LogP contribution in [0.2, 0.25) is 0 Å². The highest BCUT2D eigenvalue weighted by Gasteiger charge is 2.09. The quantitative estimate of drug-likeness (QED) is 0.559. The molecule has 0 saturated carbocycles. The summed E-state index contributed by atoms with van der Waals surface area (Å²) in [4.78, 5) is 32.2. The molecule has 7 heteroatoms. The molecule has 0 bridgehead atoms. The zero-order chi connectivity index (χ0) is 18.6. The van der Waals surface area contributed by atoms with Crippen molar-refractivity contribution >= 4 is 11.8 Å². The molecule has 4 aromatic rings. The van der Waals surface area contributed by atoms with Crippen LogP contribution in [0.15, 0.2) is 86.0 Å². The highest BCUT2D eigenvalue weighted by atomic mass is 16.5. The van der Waals surface area contributed by atoms with E-state index in [-0.39, 0.29) is 11.8 Å². The molecule has 0 aliphatic rings. The summed E-state index contributed by atoms with van der Waals surface area (Å²) in [5, 5.41) is 0. The lowest BCUT2D eigenvalue weighted by Crippen LogP contribution is -2.09. The molecule has 0 aliphatic heterocycles. The number of benzene rings is 2. The topological polar surface area (TPSA) is 79.0 Å². The Morgan fingerprint density at radius 3 is 1.41 bits per heavy atom. The van der Waals surface area contributed by atoms with Crippen LogP contribution in [0.3, 0.4) is 0 Å². The largest absolute Gasteiger partial charge is 0.457 e. The SMILES string of the molecule is O=C(c1ccc(Oc2ccc(C(=O)n3ccnc3)cc2)cc1)n1ccnc1. The number of nitrogens with zero attached hydrogens (tertiary/aromatic N) is 4. The predicted molar refractivity (Wildman–Crippen MR) is 96.9 cm³/mol. The molecule has 0 atom stereocenters. The third kappa shape index (κ3) is 3.52. The Morgan fingerprint density at radius 1 is 0.667 bits per heavy atom. The van der Waals surface area contributed by atoms with Crippen molar-refractivity contribution < 1.29 is 14.3 Å². The van der Waals surface area contributed by atoms with Crippen molar-refractivity contribution in [1.82, 2.24) is 19.1 Å². The average molecular weight is 358 g/mol. The molecule has 0 fully saturated rings. The molecule has 2 aromatic heterocycles. The number of imidazole rings is 2. The molecule has 27 heavy (non-hydrogen) atoms. The van der Waals surface area contributed by atoms with Gasteiger partial charge in [0.25, 0.3) is 11.8 Å². The van der Waals surface area contributed by atoms with Crippen LogP contribution in [0.25, 0.3) is 0 Å². The van der Waals surface area contributed by atoms with Crippen molar-refractivity contribution in [3.05, 3.63) is 97.1 Å². The first kappa shape index (κ1) is 16.5. The van der Waals surface area contributed by atoms with Gasteiger partial charge in [0.1, 0.15) is 24.2 Å². The Bertz CT molecular complexity index is 964. The number of hydrogen-bond donors (Lipinski definition) is 0. The van der Waals surface area contributed by atoms with Crippen LogP contribution in [0.5, 0.6) is 11.5 Å². The summed E-state index contributed by atoms with van der Waals surface area (Å²) in [5.41, 5.74) is 1.06. The van der Waals surface area contributed by atoms with Crippen molar-refractivity contribution in [1.29, 1.82) is 0 Å². The molecule has 0 spiro atoms. The molecule has 0 radical (unpaired) electrons. The number of carbonyl (C=O) groups is 2. The van der Waals surface area contributed by atoms with Gasteiger partial charge in [-0.05, 0) is 48.5 Å². The summed E-state index contributed by atoms with van der Waals surface area (Å²) >= 11 is 0. The van der Waals surface area contributed by atoms with Gasteiger partial charge in [-0.25, -0.2) is 9.97 Å². The fraction of sp³-hybridized carbons (Fsp3) is 0. The maximum atomic E-state index is 12.2. The molecule has 0 N–H and O–H groups in total. The average Bonchev–Trinajstić information content (AvgIpc) is 3.42. The predicted octanol–water partition coefficient (Wildman–Crippen LogP) is 3.25. The molecule has 0 amide bonds. The van der Waals surface area contributed by atoms with E-state index in [9.17, 15) is 9.59 Å². The Labute approximate surface area is 154 Å². The minimum absolute atomic E-state index is 0.165. The molecular formula is C20H14N4O3. The summed E-state index contributed by atoms with van der Waals surface area (Å²) in [6, 6.07) is 13.6. The Balaban J connectivity index is 1.45. The van der Waals surface area contributed by atoms with Gasteiger partial charge in [-0.15, -0.1) is 0 Å². The Hall–Kier alpha value is -4.00. The van der Waals surface area contributed by atoms with E-state index in [4.69, 9.17) is 4.74 Å². The van der Waals surface area contributed by atoms with E-state index in [1.807, 2.05) is 0 Å². The van der Waals surface area contributed by atoms with Crippen LogP contribution in [-0.4, -0.2) is 30.9 Å². The minimum atomic E-state index is -0.165. The van der Waals surface area contributed by atoms with Crippen LogP contribution in [0, 0.1) is 0 Å². The Morgan fingerprint density at radius 2 is 1.07 bits per heavy atom. The lowest BCUT2D eigenvalue weighted by atomic mass is 10.2. The second kappa shape index (κ2) is 7.09. The minimum Gasteiger partial charge on any atom is -0.457 e. The zero-order valence-electron chi connectivity index (χ0n) is 14.1. The van der Waals surface area contributed by atoms with Crippen molar-refractivity contribution in [2.45, 2.75) is 0 Å². The molecule has 2 aromatic carbocycles. The third-order valence-corrected chi connectivity index (χ3v) is 3.92. The van der Waals surface area contributed by atoms with E-state index < -0.39 is 0 Å². The van der Waals surface area contributed by atoms with Gasteiger partial charge < -0.3 is 4.74 Å². The summed E-state index contributed by atoms with van der Waals surface area (Å²) in [6.45, 7) is 0. The van der Waals surface area contributed by atoms with Crippen LogP contribution in [0.4, 0.5) is 0 Å². The first-order valence-corrected chi connectivity index (χ1v) is 8.14. The monoisotopic (exact) mass is 358 g/mol. The fourth-order valence-corrected chi connectivity index (χ4v) is 2.52. The first-order valence-electron chi connectivity index (χ1n) is 8.14. The van der Waals surface area contributed by atoms with E-state index in [1.54, 1.807) is 73.3 Å². The lowest BCUT2D eigenvalue weighted by Gasteiger charge is -2.08. The highest BCUT2D eigenvalue weighted by Crippen LogP contribution is 2.22. The van der Waals surface area contributed by atoms with E-state index in [0.29, 0.717) is 22.6 Å². The number of hydrogen-bond acceptors (Lipinski definition) is 5. The van der Waals surface area contributed by atoms with Crippen LogP contribution < -0.4 is 4.74 Å². The van der Waals surface area contributed by atoms with Crippen molar-refractivity contribution in [3.8, 4) is 11.5 Å². The van der Waals surface area contributed by atoms with Gasteiger partial charge >= 0.3 is 0 Å². The van der Waals surface area contributed by atoms with Gasteiger partial charge in [0.2, 0.25) is 0 Å². The van der Waals surface area contributed by atoms with Crippen molar-refractivity contribution in [2.75, 3.05) is 0 Å². The Kier molecular flexibility index (Phi) is 4.32. The van der Waals surface area contributed by atoms with E-state index >= 15 is 0 Å². The van der Waals surface area contributed by atoms with Crippen LogP contribution in [-0.2, 0) is 0 Å². The van der Waals surface area contributed by atoms with E-state index in [2.05, 4.69) is 9.97 Å². The van der Waals surface area contributed by atoms with Gasteiger partial charge in [0.15, 0.2) is 0 Å². The summed E-state index contributed by atoms with van der Waals surface area (Å²) in [7, 11) is 0.